The zero-order valence-electron chi connectivity index (χ0n) is 14.9. The van der Waals surface area contributed by atoms with Crippen LogP contribution in [0, 0.1) is 0 Å². The molecule has 0 spiro atoms. The van der Waals surface area contributed by atoms with E-state index in [4.69, 9.17) is 9.53 Å². The lowest BCUT2D eigenvalue weighted by Gasteiger charge is -2.03. The quantitative estimate of drug-likeness (QED) is 0.507. The van der Waals surface area contributed by atoms with Gasteiger partial charge in [-0.2, -0.15) is 0 Å². The largest absolute Gasteiger partial charge is 0.457 e. The molecular weight excluding hydrogens is 336 g/mol. The van der Waals surface area contributed by atoms with Gasteiger partial charge in [-0.05, 0) is 35.0 Å². The minimum Gasteiger partial charge on any atom is -0.457 e. The first-order valence-corrected chi connectivity index (χ1v) is 8.42. The third-order valence-electron chi connectivity index (χ3n) is 3.38. The van der Waals surface area contributed by atoms with Crippen LogP contribution < -0.4 is 16.2 Å². The Bertz CT molecular complexity index is 835. The first-order chi connectivity index (χ1) is 13.1. The summed E-state index contributed by atoms with van der Waals surface area (Å²) in [4.78, 5) is 9.00. The Morgan fingerprint density at radius 2 is 0.778 bits per heavy atom. The third kappa shape index (κ3) is 7.75. The molecule has 0 aliphatic carbocycles. The van der Waals surface area contributed by atoms with Gasteiger partial charge in [-0.1, -0.05) is 84.9 Å². The Kier molecular flexibility index (Phi) is 7.92. The molecule has 136 valence electrons. The highest BCUT2D eigenvalue weighted by Crippen LogP contribution is 2.19. The molecule has 0 atom stereocenters. The lowest BCUT2D eigenvalue weighted by molar-refractivity contribution is 0.256. The molecule has 4 heteroatoms. The van der Waals surface area contributed by atoms with Gasteiger partial charge in [0.05, 0.1) is 0 Å². The zero-order valence-corrected chi connectivity index (χ0v) is 14.9. The second-order valence-electron chi connectivity index (χ2n) is 5.48. The predicted octanol–water partition coefficient (Wildman–Crippen LogP) is 5.34. The van der Waals surface area contributed by atoms with Crippen molar-refractivity contribution in [3.05, 3.63) is 109 Å². The van der Waals surface area contributed by atoms with E-state index in [9.17, 15) is 0 Å². The number of ether oxygens (including phenoxy) is 1. The Morgan fingerprint density at radius 1 is 0.519 bits per heavy atom. The summed E-state index contributed by atoms with van der Waals surface area (Å²) in [6.45, 7) is 0. The summed E-state index contributed by atoms with van der Waals surface area (Å²) in [6, 6.07) is 35.4. The molecule has 0 radical (unpaired) electrons. The summed E-state index contributed by atoms with van der Waals surface area (Å²) >= 11 is 0. The maximum absolute atomic E-state index is 9.00. The number of nitrogens with two attached hydrogens (primary N) is 2. The first kappa shape index (κ1) is 19.5. The van der Waals surface area contributed by atoms with Crippen LogP contribution in [0.3, 0.4) is 0 Å². The summed E-state index contributed by atoms with van der Waals surface area (Å²) in [5.41, 5.74) is 8.50. The standard InChI is InChI=1S/C12H10O.C10H8.CH4N2O/c1-3-7-11(8-4-1)13-12-9-5-2-6-10-12;1-2-6-10-8-4-3-7-9(10)5-1;2-1(3)4/h1-10H;1-8H;(H4,2,3,4). The van der Waals surface area contributed by atoms with Crippen molar-refractivity contribution in [2.75, 3.05) is 0 Å². The first-order valence-electron chi connectivity index (χ1n) is 8.42. The van der Waals surface area contributed by atoms with Crippen LogP contribution in [0.15, 0.2) is 109 Å². The predicted molar refractivity (Wildman–Crippen MR) is 111 cm³/mol. The molecule has 4 aromatic rings. The maximum Gasteiger partial charge on any atom is 0.309 e. The molecule has 0 unspecified atom stereocenters. The lowest BCUT2D eigenvalue weighted by atomic mass is 10.1. The number of fused-ring (bicyclic) bond motifs is 1. The average molecular weight is 358 g/mol. The smallest absolute Gasteiger partial charge is 0.309 e. The topological polar surface area (TPSA) is 78.3 Å². The minimum atomic E-state index is -0.833. The van der Waals surface area contributed by atoms with Gasteiger partial charge in [0.2, 0.25) is 0 Å². The molecule has 0 heterocycles. The van der Waals surface area contributed by atoms with E-state index in [1.165, 1.54) is 10.8 Å². The maximum atomic E-state index is 9.00. The highest BCUT2D eigenvalue weighted by atomic mass is 16.5. The van der Waals surface area contributed by atoms with Crippen LogP contribution in [-0.4, -0.2) is 6.03 Å². The van der Waals surface area contributed by atoms with Crippen LogP contribution in [0.4, 0.5) is 4.79 Å². The highest BCUT2D eigenvalue weighted by Gasteiger charge is 1.92. The third-order valence-corrected chi connectivity index (χ3v) is 3.38. The zero-order chi connectivity index (χ0) is 19.3. The molecule has 4 rings (SSSR count). The number of hydrogen-bond donors (Lipinski definition) is 2. The van der Waals surface area contributed by atoms with Crippen LogP contribution >= 0.6 is 0 Å². The lowest BCUT2D eigenvalue weighted by Crippen LogP contribution is -2.18. The van der Waals surface area contributed by atoms with Gasteiger partial charge in [0.15, 0.2) is 0 Å². The van der Waals surface area contributed by atoms with Crippen molar-refractivity contribution in [1.29, 1.82) is 0 Å². The Morgan fingerprint density at radius 3 is 1.07 bits per heavy atom. The molecule has 4 nitrogen and oxygen atoms in total. The van der Waals surface area contributed by atoms with Crippen molar-refractivity contribution in [2.24, 2.45) is 11.5 Å². The van der Waals surface area contributed by atoms with Gasteiger partial charge in [-0.3, -0.25) is 0 Å². The number of primary amides is 2. The van der Waals surface area contributed by atoms with Gasteiger partial charge in [0.25, 0.3) is 0 Å². The minimum absolute atomic E-state index is 0.833. The van der Waals surface area contributed by atoms with Crippen molar-refractivity contribution in [1.82, 2.24) is 0 Å². The fourth-order valence-electron chi connectivity index (χ4n) is 2.25. The highest BCUT2D eigenvalue weighted by molar-refractivity contribution is 5.82. The molecular formula is C23H22N2O2. The molecule has 4 N–H and O–H groups in total. The van der Waals surface area contributed by atoms with Gasteiger partial charge in [0, 0.05) is 0 Å². The van der Waals surface area contributed by atoms with Crippen molar-refractivity contribution in [3.8, 4) is 11.5 Å². The Labute approximate surface area is 159 Å². The number of carbonyl (C=O) groups excluding carboxylic acids is 1. The van der Waals surface area contributed by atoms with Crippen molar-refractivity contribution >= 4 is 16.8 Å². The van der Waals surface area contributed by atoms with Gasteiger partial charge in [0.1, 0.15) is 11.5 Å². The van der Waals surface area contributed by atoms with Crippen LogP contribution in [0.5, 0.6) is 11.5 Å². The van der Waals surface area contributed by atoms with Gasteiger partial charge in [-0.15, -0.1) is 0 Å². The number of benzene rings is 4. The number of rotatable bonds is 2. The number of carbonyl (C=O) groups is 1. The molecule has 0 aliphatic rings. The summed E-state index contributed by atoms with van der Waals surface area (Å²) in [5.74, 6) is 1.74. The summed E-state index contributed by atoms with van der Waals surface area (Å²) < 4.78 is 5.58. The van der Waals surface area contributed by atoms with E-state index in [-0.39, 0.29) is 0 Å². The molecule has 4 aromatic carbocycles. The van der Waals surface area contributed by atoms with E-state index in [2.05, 4.69) is 60.0 Å². The SMILES string of the molecule is NC(N)=O.c1ccc(Oc2ccccc2)cc1.c1ccc2ccccc2c1. The molecule has 0 saturated carbocycles. The molecule has 0 fully saturated rings. The Balaban J connectivity index is 0.000000166. The average Bonchev–Trinajstić information content (AvgIpc) is 2.70. The number of hydrogen-bond acceptors (Lipinski definition) is 2. The van der Waals surface area contributed by atoms with Gasteiger partial charge < -0.3 is 16.2 Å². The van der Waals surface area contributed by atoms with Crippen LogP contribution in [-0.2, 0) is 0 Å². The molecule has 2 amide bonds. The fourth-order valence-corrected chi connectivity index (χ4v) is 2.25. The van der Waals surface area contributed by atoms with Gasteiger partial charge in [-0.25, -0.2) is 4.79 Å². The summed E-state index contributed by atoms with van der Waals surface area (Å²) in [5, 5.41) is 2.62. The van der Waals surface area contributed by atoms with E-state index in [0.717, 1.165) is 11.5 Å². The van der Waals surface area contributed by atoms with Crippen LogP contribution in [0.1, 0.15) is 0 Å². The van der Waals surface area contributed by atoms with Crippen molar-refractivity contribution in [3.63, 3.8) is 0 Å². The number of para-hydroxylation sites is 2. The van der Waals surface area contributed by atoms with Gasteiger partial charge >= 0.3 is 6.03 Å². The van der Waals surface area contributed by atoms with Crippen molar-refractivity contribution < 1.29 is 9.53 Å². The molecule has 0 aliphatic heterocycles. The van der Waals surface area contributed by atoms with E-state index in [1.807, 2.05) is 60.7 Å². The Hall–Kier alpha value is -3.79. The van der Waals surface area contributed by atoms with E-state index < -0.39 is 6.03 Å². The second kappa shape index (κ2) is 10.9. The second-order valence-corrected chi connectivity index (χ2v) is 5.48. The molecule has 0 saturated heterocycles. The fraction of sp³-hybridized carbons (Fsp3) is 0. The van der Waals surface area contributed by atoms with Crippen LogP contribution in [0.25, 0.3) is 10.8 Å². The van der Waals surface area contributed by atoms with E-state index in [0.29, 0.717) is 0 Å². The van der Waals surface area contributed by atoms with E-state index in [1.54, 1.807) is 0 Å². The summed E-state index contributed by atoms with van der Waals surface area (Å²) in [7, 11) is 0. The monoisotopic (exact) mass is 358 g/mol. The van der Waals surface area contributed by atoms with Crippen LogP contribution in [0.2, 0.25) is 0 Å². The molecule has 0 aromatic heterocycles. The number of amides is 2. The normalized spacial score (nSPS) is 9.19. The van der Waals surface area contributed by atoms with Crippen molar-refractivity contribution in [2.45, 2.75) is 0 Å². The summed E-state index contributed by atoms with van der Waals surface area (Å²) in [6.07, 6.45) is 0. The van der Waals surface area contributed by atoms with E-state index >= 15 is 0 Å². The molecule has 27 heavy (non-hydrogen) atoms. The molecule has 0 bridgehead atoms. The number of urea groups is 1.